The van der Waals surface area contributed by atoms with E-state index in [2.05, 4.69) is 20.9 Å². The van der Waals surface area contributed by atoms with Gasteiger partial charge in [0, 0.05) is 10.0 Å². The number of amides is 1. The first kappa shape index (κ1) is 15.4. The van der Waals surface area contributed by atoms with Crippen molar-refractivity contribution in [1.29, 1.82) is 0 Å². The molecule has 0 atom stereocenters. The molecule has 0 radical (unpaired) electrons. The van der Waals surface area contributed by atoms with Gasteiger partial charge in [-0.2, -0.15) is 0 Å². The van der Waals surface area contributed by atoms with Crippen molar-refractivity contribution < 1.29 is 4.79 Å². The predicted molar refractivity (Wildman–Crippen MR) is 83.5 cm³/mol. The van der Waals surface area contributed by atoms with Crippen LogP contribution >= 0.6 is 55.8 Å². The van der Waals surface area contributed by atoms with Crippen molar-refractivity contribution in [2.75, 3.05) is 5.73 Å². The highest BCUT2D eigenvalue weighted by molar-refractivity contribution is 9.10. The summed E-state index contributed by atoms with van der Waals surface area (Å²) in [5, 5.41) is 0.887. The van der Waals surface area contributed by atoms with Crippen LogP contribution < -0.4 is 11.5 Å². The molecule has 8 heteroatoms. The highest BCUT2D eigenvalue weighted by atomic mass is 79.9. The Morgan fingerprint density at radius 2 is 2.11 bits per heavy atom. The van der Waals surface area contributed by atoms with Crippen LogP contribution in [0.3, 0.4) is 0 Å². The quantitative estimate of drug-likeness (QED) is 0.791. The zero-order valence-corrected chi connectivity index (χ0v) is 13.7. The lowest BCUT2D eigenvalue weighted by Gasteiger charge is -2.01. The molecule has 1 aromatic carbocycles. The molecule has 4 N–H and O–H groups in total. The molecule has 0 aliphatic heterocycles. The van der Waals surface area contributed by atoms with Crippen LogP contribution in [-0.4, -0.2) is 10.9 Å². The number of nitrogens with two attached hydrogens (primary N) is 2. The maximum absolute atomic E-state index is 11.3. The number of nitrogens with zero attached hydrogens (tertiary/aromatic N) is 1. The molecule has 0 bridgehead atoms. The maximum Gasteiger partial charge on any atom is 0.261 e. The zero-order valence-electron chi connectivity index (χ0n) is 8.81. The third kappa shape index (κ3) is 3.03. The first-order chi connectivity index (χ1) is 7.99. The van der Waals surface area contributed by atoms with Crippen molar-refractivity contribution in [2.45, 2.75) is 0 Å². The highest BCUT2D eigenvalue weighted by Gasteiger charge is 2.16. The van der Waals surface area contributed by atoms with Crippen LogP contribution in [0, 0.1) is 0 Å². The van der Waals surface area contributed by atoms with Gasteiger partial charge in [0.25, 0.3) is 5.91 Å². The van der Waals surface area contributed by atoms with E-state index in [0.29, 0.717) is 20.7 Å². The van der Waals surface area contributed by atoms with Gasteiger partial charge in [0.1, 0.15) is 4.88 Å². The zero-order chi connectivity index (χ0) is 12.6. The molecule has 2 rings (SSSR count). The number of carbonyl (C=O) groups excluding carboxylic acids is 1. The SMILES string of the molecule is Br.NC(=O)c1sc(N)nc1-c1ccc(Cl)c(Br)c1. The van der Waals surface area contributed by atoms with E-state index in [0.717, 1.165) is 21.4 Å². The van der Waals surface area contributed by atoms with Crippen LogP contribution in [0.25, 0.3) is 11.3 Å². The lowest BCUT2D eigenvalue weighted by Crippen LogP contribution is -2.10. The third-order valence-electron chi connectivity index (χ3n) is 2.06. The van der Waals surface area contributed by atoms with E-state index in [1.54, 1.807) is 18.2 Å². The second kappa shape index (κ2) is 6.01. The molecule has 18 heavy (non-hydrogen) atoms. The molecule has 96 valence electrons. The summed E-state index contributed by atoms with van der Waals surface area (Å²) in [7, 11) is 0. The van der Waals surface area contributed by atoms with Crippen LogP contribution in [0.4, 0.5) is 5.13 Å². The lowest BCUT2D eigenvalue weighted by molar-refractivity contribution is 0.100. The van der Waals surface area contributed by atoms with Crippen molar-refractivity contribution in [2.24, 2.45) is 5.73 Å². The smallest absolute Gasteiger partial charge is 0.261 e. The summed E-state index contributed by atoms with van der Waals surface area (Å²) in [6.45, 7) is 0. The Kier molecular flexibility index (Phi) is 5.15. The number of hydrogen-bond acceptors (Lipinski definition) is 4. The minimum absolute atomic E-state index is 0. The number of nitrogen functional groups attached to an aromatic ring is 1. The topological polar surface area (TPSA) is 82.0 Å². The summed E-state index contributed by atoms with van der Waals surface area (Å²) >= 11 is 10.3. The summed E-state index contributed by atoms with van der Waals surface area (Å²) in [6, 6.07) is 5.23. The van der Waals surface area contributed by atoms with Gasteiger partial charge < -0.3 is 11.5 Å². The molecule has 0 unspecified atom stereocenters. The monoisotopic (exact) mass is 411 g/mol. The summed E-state index contributed by atoms with van der Waals surface area (Å²) in [5.74, 6) is -0.541. The van der Waals surface area contributed by atoms with Crippen molar-refractivity contribution in [1.82, 2.24) is 4.98 Å². The summed E-state index contributed by atoms with van der Waals surface area (Å²) in [6.07, 6.45) is 0. The fourth-order valence-corrected chi connectivity index (χ4v) is 2.55. The van der Waals surface area contributed by atoms with Crippen LogP contribution in [0.15, 0.2) is 22.7 Å². The van der Waals surface area contributed by atoms with Gasteiger partial charge in [-0.05, 0) is 28.1 Å². The Hall–Kier alpha value is -0.630. The Morgan fingerprint density at radius 1 is 1.44 bits per heavy atom. The van der Waals surface area contributed by atoms with Crippen LogP contribution in [-0.2, 0) is 0 Å². The number of aromatic nitrogens is 1. The molecule has 2 aromatic rings. The molecule has 0 fully saturated rings. The van der Waals surface area contributed by atoms with E-state index in [-0.39, 0.29) is 17.0 Å². The molecular formula is C10H8Br2ClN3OS. The molecular weight excluding hydrogens is 405 g/mol. The molecule has 0 aliphatic carbocycles. The molecule has 1 amide bonds. The number of hydrogen-bond donors (Lipinski definition) is 2. The Balaban J connectivity index is 0.00000162. The van der Waals surface area contributed by atoms with E-state index in [1.807, 2.05) is 0 Å². The van der Waals surface area contributed by atoms with E-state index < -0.39 is 5.91 Å². The molecule has 0 saturated heterocycles. The summed E-state index contributed by atoms with van der Waals surface area (Å²) in [5.41, 5.74) is 12.1. The minimum Gasteiger partial charge on any atom is -0.375 e. The third-order valence-corrected chi connectivity index (χ3v) is 4.17. The van der Waals surface area contributed by atoms with Gasteiger partial charge in [-0.15, -0.1) is 17.0 Å². The highest BCUT2D eigenvalue weighted by Crippen LogP contribution is 2.33. The number of anilines is 1. The van der Waals surface area contributed by atoms with Gasteiger partial charge >= 0.3 is 0 Å². The fourth-order valence-electron chi connectivity index (χ4n) is 1.34. The fraction of sp³-hybridized carbons (Fsp3) is 0. The van der Waals surface area contributed by atoms with Crippen molar-refractivity contribution in [3.8, 4) is 11.3 Å². The molecule has 4 nitrogen and oxygen atoms in total. The van der Waals surface area contributed by atoms with Gasteiger partial charge in [0.15, 0.2) is 5.13 Å². The number of halogens is 3. The average Bonchev–Trinajstić information content (AvgIpc) is 2.64. The second-order valence-electron chi connectivity index (χ2n) is 3.22. The Bertz CT molecular complexity index is 603. The number of rotatable bonds is 2. The van der Waals surface area contributed by atoms with E-state index in [4.69, 9.17) is 23.1 Å². The number of carbonyl (C=O) groups is 1. The van der Waals surface area contributed by atoms with Gasteiger partial charge in [-0.1, -0.05) is 29.0 Å². The lowest BCUT2D eigenvalue weighted by atomic mass is 10.1. The first-order valence-electron chi connectivity index (χ1n) is 4.50. The van der Waals surface area contributed by atoms with Crippen LogP contribution in [0.2, 0.25) is 5.02 Å². The largest absolute Gasteiger partial charge is 0.375 e. The number of primary amides is 1. The normalized spacial score (nSPS) is 9.89. The molecule has 0 aliphatic rings. The van der Waals surface area contributed by atoms with Gasteiger partial charge in [0.05, 0.1) is 10.7 Å². The van der Waals surface area contributed by atoms with Gasteiger partial charge in [0.2, 0.25) is 0 Å². The Morgan fingerprint density at radius 3 is 2.67 bits per heavy atom. The van der Waals surface area contributed by atoms with Gasteiger partial charge in [-0.25, -0.2) is 4.98 Å². The maximum atomic E-state index is 11.3. The average molecular weight is 414 g/mol. The molecule has 0 saturated carbocycles. The first-order valence-corrected chi connectivity index (χ1v) is 6.49. The number of thiazole rings is 1. The van der Waals surface area contributed by atoms with Crippen molar-refractivity contribution in [3.63, 3.8) is 0 Å². The standard InChI is InChI=1S/C10H7BrClN3OS.BrH/c11-5-3-4(1-2-6(5)12)7-8(9(13)16)17-10(14)15-7;/h1-3H,(H2,13,16)(H2,14,15);1H. The van der Waals surface area contributed by atoms with Gasteiger partial charge in [-0.3, -0.25) is 4.79 Å². The van der Waals surface area contributed by atoms with Crippen molar-refractivity contribution >= 4 is 66.9 Å². The second-order valence-corrected chi connectivity index (χ2v) is 5.52. The van der Waals surface area contributed by atoms with E-state index >= 15 is 0 Å². The van der Waals surface area contributed by atoms with E-state index in [1.165, 1.54) is 0 Å². The number of benzene rings is 1. The van der Waals surface area contributed by atoms with Crippen molar-refractivity contribution in [3.05, 3.63) is 32.6 Å². The van der Waals surface area contributed by atoms with E-state index in [9.17, 15) is 4.79 Å². The predicted octanol–water partition coefficient (Wildman–Crippen LogP) is 3.49. The Labute approximate surface area is 131 Å². The van der Waals surface area contributed by atoms with Crippen LogP contribution in [0.5, 0.6) is 0 Å². The van der Waals surface area contributed by atoms with Crippen LogP contribution in [0.1, 0.15) is 9.67 Å². The summed E-state index contributed by atoms with van der Waals surface area (Å²) in [4.78, 5) is 15.7. The molecule has 0 spiro atoms. The minimum atomic E-state index is -0.541. The molecule has 1 aromatic heterocycles. The molecule has 1 heterocycles. The summed E-state index contributed by atoms with van der Waals surface area (Å²) < 4.78 is 0.721.